The molecule has 0 aliphatic carbocycles. The molecule has 1 aliphatic rings. The first-order chi connectivity index (χ1) is 4.66. The third-order valence-electron chi connectivity index (χ3n) is 1.20. The normalized spacial score (nSPS) is 49.6. The molecule has 66 valence electrons. The van der Waals surface area contributed by atoms with Crippen molar-refractivity contribution in [3.8, 4) is 0 Å². The fourth-order valence-electron chi connectivity index (χ4n) is 0.743. The molecule has 0 spiro atoms. The first kappa shape index (κ1) is 8.73. The van der Waals surface area contributed by atoms with Gasteiger partial charge >= 0.3 is 18.0 Å². The molecule has 6 heteroatoms. The number of halogens is 4. The van der Waals surface area contributed by atoms with Crippen molar-refractivity contribution in [3.63, 3.8) is 0 Å². The molecular formula is C5H6F4O2. The third-order valence-corrected chi connectivity index (χ3v) is 1.20. The van der Waals surface area contributed by atoms with Gasteiger partial charge in [-0.05, 0) is 0 Å². The lowest BCUT2D eigenvalue weighted by atomic mass is 10.3. The summed E-state index contributed by atoms with van der Waals surface area (Å²) in [6.07, 6.45) is -4.24. The summed E-state index contributed by atoms with van der Waals surface area (Å²) in [6.45, 7) is 0.962. The minimum atomic E-state index is -4.24. The Bertz CT molecular complexity index is 159. The van der Waals surface area contributed by atoms with Crippen molar-refractivity contribution < 1.29 is 27.0 Å². The summed E-state index contributed by atoms with van der Waals surface area (Å²) in [5, 5.41) is 0. The van der Waals surface area contributed by atoms with Crippen molar-refractivity contribution >= 4 is 0 Å². The van der Waals surface area contributed by atoms with Crippen molar-refractivity contribution in [3.05, 3.63) is 0 Å². The predicted octanol–water partition coefficient (Wildman–Crippen LogP) is 1.95. The Morgan fingerprint density at radius 2 is 1.36 bits per heavy atom. The zero-order valence-electron chi connectivity index (χ0n) is 5.83. The Labute approximate surface area is 60.1 Å². The predicted molar refractivity (Wildman–Crippen MR) is 26.1 cm³/mol. The molecule has 2 atom stereocenters. The zero-order valence-corrected chi connectivity index (χ0v) is 5.83. The van der Waals surface area contributed by atoms with Crippen LogP contribution in [0, 0.1) is 0 Å². The molecule has 1 aliphatic heterocycles. The van der Waals surface area contributed by atoms with Gasteiger partial charge in [-0.3, -0.25) is 9.47 Å². The van der Waals surface area contributed by atoms with Crippen molar-refractivity contribution in [2.24, 2.45) is 0 Å². The van der Waals surface area contributed by atoms with E-state index in [-0.39, 0.29) is 0 Å². The van der Waals surface area contributed by atoms with Gasteiger partial charge in [-0.15, -0.1) is 0 Å². The molecule has 1 fully saturated rings. The van der Waals surface area contributed by atoms with Gasteiger partial charge in [0.05, 0.1) is 0 Å². The molecule has 0 radical (unpaired) electrons. The highest BCUT2D eigenvalue weighted by molar-refractivity contribution is 4.81. The number of alkyl halides is 4. The summed E-state index contributed by atoms with van der Waals surface area (Å²) in [7, 11) is 0. The molecule has 0 aromatic heterocycles. The van der Waals surface area contributed by atoms with Gasteiger partial charge in [0.25, 0.3) is 0 Å². The molecule has 1 saturated heterocycles. The summed E-state index contributed by atoms with van der Waals surface area (Å²) < 4.78 is 56.5. The molecule has 0 amide bonds. The van der Waals surface area contributed by atoms with Crippen LogP contribution in [0.2, 0.25) is 0 Å². The quantitative estimate of drug-likeness (QED) is 0.522. The van der Waals surface area contributed by atoms with Gasteiger partial charge in [-0.2, -0.15) is 13.2 Å². The van der Waals surface area contributed by atoms with Crippen molar-refractivity contribution in [2.45, 2.75) is 31.9 Å². The van der Waals surface area contributed by atoms with Crippen LogP contribution in [0.1, 0.15) is 13.8 Å². The summed E-state index contributed by atoms with van der Waals surface area (Å²) in [4.78, 5) is 0. The Balaban J connectivity index is 2.89. The van der Waals surface area contributed by atoms with E-state index < -0.39 is 18.0 Å². The molecule has 11 heavy (non-hydrogen) atoms. The number of hydrogen-bond donors (Lipinski definition) is 0. The van der Waals surface area contributed by atoms with Gasteiger partial charge in [0.15, 0.2) is 0 Å². The Hall–Kier alpha value is -0.360. The second-order valence-electron chi connectivity index (χ2n) is 2.47. The zero-order chi connectivity index (χ0) is 8.91. The van der Waals surface area contributed by atoms with Crippen LogP contribution in [-0.4, -0.2) is 18.0 Å². The number of hydrogen-bond acceptors (Lipinski definition) is 2. The summed E-state index contributed by atoms with van der Waals surface area (Å²) in [5.41, 5.74) is 0. The van der Waals surface area contributed by atoms with Gasteiger partial charge in [0.1, 0.15) is 0 Å². The topological polar surface area (TPSA) is 18.5 Å². The Morgan fingerprint density at radius 1 is 0.909 bits per heavy atom. The molecule has 0 N–H and O–H groups in total. The average molecular weight is 174 g/mol. The monoisotopic (exact) mass is 174 g/mol. The van der Waals surface area contributed by atoms with E-state index in [2.05, 4.69) is 9.47 Å². The van der Waals surface area contributed by atoms with E-state index in [9.17, 15) is 17.6 Å². The van der Waals surface area contributed by atoms with Gasteiger partial charge in [0.2, 0.25) is 0 Å². The molecule has 0 saturated carbocycles. The standard InChI is InChI=1S/C5H6F4O2/c1-3(6)5(8,9)11-4(2,7)10-3/h1-2H3. The number of rotatable bonds is 0. The lowest BCUT2D eigenvalue weighted by molar-refractivity contribution is -0.314. The summed E-state index contributed by atoms with van der Waals surface area (Å²) in [5.74, 6) is -3.41. The van der Waals surface area contributed by atoms with E-state index in [0.29, 0.717) is 13.8 Å². The van der Waals surface area contributed by atoms with Crippen LogP contribution in [0.5, 0.6) is 0 Å². The Morgan fingerprint density at radius 3 is 1.45 bits per heavy atom. The van der Waals surface area contributed by atoms with Crippen LogP contribution in [0.4, 0.5) is 17.6 Å². The van der Waals surface area contributed by atoms with Crippen LogP contribution in [0.15, 0.2) is 0 Å². The van der Waals surface area contributed by atoms with Crippen molar-refractivity contribution in [2.75, 3.05) is 0 Å². The van der Waals surface area contributed by atoms with E-state index in [1.807, 2.05) is 0 Å². The first-order valence-electron chi connectivity index (χ1n) is 2.82. The van der Waals surface area contributed by atoms with Crippen LogP contribution in [-0.2, 0) is 9.47 Å². The average Bonchev–Trinajstić information content (AvgIpc) is 1.66. The Kier molecular flexibility index (Phi) is 1.48. The van der Waals surface area contributed by atoms with Gasteiger partial charge in [0, 0.05) is 13.8 Å². The summed E-state index contributed by atoms with van der Waals surface area (Å²) in [6, 6.07) is -3.06. The smallest absolute Gasteiger partial charge is 0.279 e. The van der Waals surface area contributed by atoms with Crippen molar-refractivity contribution in [1.29, 1.82) is 0 Å². The summed E-state index contributed by atoms with van der Waals surface area (Å²) >= 11 is 0. The van der Waals surface area contributed by atoms with E-state index in [4.69, 9.17) is 0 Å². The molecule has 1 heterocycles. The highest BCUT2D eigenvalue weighted by atomic mass is 19.3. The maximum Gasteiger partial charge on any atom is 0.418 e. The maximum absolute atomic E-state index is 12.5. The lowest BCUT2D eigenvalue weighted by Crippen LogP contribution is -2.37. The maximum atomic E-state index is 12.5. The minimum absolute atomic E-state index is 0.401. The minimum Gasteiger partial charge on any atom is -0.279 e. The molecule has 0 aromatic rings. The molecule has 2 nitrogen and oxygen atoms in total. The van der Waals surface area contributed by atoms with Crippen LogP contribution < -0.4 is 0 Å². The fraction of sp³-hybridized carbons (Fsp3) is 1.00. The van der Waals surface area contributed by atoms with Gasteiger partial charge in [-0.25, -0.2) is 4.39 Å². The molecular weight excluding hydrogens is 168 g/mol. The fourth-order valence-corrected chi connectivity index (χ4v) is 0.743. The number of ether oxygens (including phenoxy) is 2. The molecule has 0 aromatic carbocycles. The molecule has 1 rings (SSSR count). The van der Waals surface area contributed by atoms with Crippen LogP contribution in [0.25, 0.3) is 0 Å². The highest BCUT2D eigenvalue weighted by Crippen LogP contribution is 2.47. The van der Waals surface area contributed by atoms with E-state index in [0.717, 1.165) is 0 Å². The van der Waals surface area contributed by atoms with Crippen molar-refractivity contribution in [1.82, 2.24) is 0 Å². The SMILES string of the molecule is CC1(F)OC(C)(F)C(F)(F)O1. The van der Waals surface area contributed by atoms with Gasteiger partial charge in [-0.1, -0.05) is 0 Å². The van der Waals surface area contributed by atoms with Crippen LogP contribution in [0.3, 0.4) is 0 Å². The largest absolute Gasteiger partial charge is 0.418 e. The van der Waals surface area contributed by atoms with E-state index >= 15 is 0 Å². The highest BCUT2D eigenvalue weighted by Gasteiger charge is 2.67. The van der Waals surface area contributed by atoms with E-state index in [1.54, 1.807) is 0 Å². The third kappa shape index (κ3) is 1.32. The second-order valence-corrected chi connectivity index (χ2v) is 2.47. The first-order valence-corrected chi connectivity index (χ1v) is 2.82. The lowest BCUT2D eigenvalue weighted by Gasteiger charge is -2.16. The van der Waals surface area contributed by atoms with Crippen LogP contribution >= 0.6 is 0 Å². The molecule has 2 unspecified atom stereocenters. The van der Waals surface area contributed by atoms with Gasteiger partial charge < -0.3 is 0 Å². The molecule has 0 bridgehead atoms. The van der Waals surface area contributed by atoms with E-state index in [1.165, 1.54) is 0 Å². The second kappa shape index (κ2) is 1.87.